The van der Waals surface area contributed by atoms with Crippen LogP contribution in [0, 0.1) is 17.6 Å². The SMILES string of the molecule is CCOC(=O)c1c(NC(=O)COC(=O)c2ccc(F)cc2F)sc2c1CC[C@@H](C)C2. The van der Waals surface area contributed by atoms with Gasteiger partial charge in [-0.15, -0.1) is 11.3 Å². The van der Waals surface area contributed by atoms with Gasteiger partial charge in [0, 0.05) is 10.9 Å². The standard InChI is InChI=1S/C21H21F2NO5S/c1-3-28-21(27)18-14-6-4-11(2)8-16(14)30-19(18)24-17(25)10-29-20(26)13-7-5-12(22)9-15(13)23/h5,7,9,11H,3-4,6,8,10H2,1-2H3,(H,24,25)/t11-/m1/s1. The first-order valence-electron chi connectivity index (χ1n) is 9.53. The van der Waals surface area contributed by atoms with Crippen molar-refractivity contribution in [2.75, 3.05) is 18.5 Å². The summed E-state index contributed by atoms with van der Waals surface area (Å²) in [7, 11) is 0. The number of carbonyl (C=O) groups excluding carboxylic acids is 3. The van der Waals surface area contributed by atoms with Gasteiger partial charge in [-0.1, -0.05) is 6.92 Å². The summed E-state index contributed by atoms with van der Waals surface area (Å²) in [4.78, 5) is 37.7. The van der Waals surface area contributed by atoms with Crippen molar-refractivity contribution in [1.82, 2.24) is 0 Å². The van der Waals surface area contributed by atoms with Gasteiger partial charge < -0.3 is 14.8 Å². The van der Waals surface area contributed by atoms with Gasteiger partial charge in [0.05, 0.1) is 17.7 Å². The summed E-state index contributed by atoms with van der Waals surface area (Å²) in [6, 6.07) is 2.42. The maximum absolute atomic E-state index is 13.7. The number of ether oxygens (including phenoxy) is 2. The normalized spacial score (nSPS) is 15.3. The highest BCUT2D eigenvalue weighted by Crippen LogP contribution is 2.40. The zero-order valence-corrected chi connectivity index (χ0v) is 17.4. The van der Waals surface area contributed by atoms with E-state index in [2.05, 4.69) is 12.2 Å². The van der Waals surface area contributed by atoms with Crippen LogP contribution in [-0.4, -0.2) is 31.1 Å². The molecule has 160 valence electrons. The first-order valence-corrected chi connectivity index (χ1v) is 10.4. The molecule has 1 heterocycles. The molecule has 0 saturated carbocycles. The minimum absolute atomic E-state index is 0.202. The number of thiophene rings is 1. The van der Waals surface area contributed by atoms with Crippen LogP contribution in [-0.2, 0) is 27.1 Å². The zero-order chi connectivity index (χ0) is 21.8. The fraction of sp³-hybridized carbons (Fsp3) is 0.381. The fourth-order valence-electron chi connectivity index (χ4n) is 3.28. The van der Waals surface area contributed by atoms with E-state index in [4.69, 9.17) is 9.47 Å². The molecule has 0 aliphatic heterocycles. The molecule has 1 aliphatic rings. The predicted octanol–water partition coefficient (Wildman–Crippen LogP) is 4.12. The maximum atomic E-state index is 13.7. The average molecular weight is 437 g/mol. The van der Waals surface area contributed by atoms with E-state index in [0.29, 0.717) is 22.5 Å². The highest BCUT2D eigenvalue weighted by molar-refractivity contribution is 7.17. The van der Waals surface area contributed by atoms with Gasteiger partial charge in [-0.25, -0.2) is 18.4 Å². The number of fused-ring (bicyclic) bond motifs is 1. The molecular formula is C21H21F2NO5S. The molecule has 3 rings (SSSR count). The lowest BCUT2D eigenvalue weighted by molar-refractivity contribution is -0.119. The molecule has 0 spiro atoms. The minimum atomic E-state index is -1.09. The Morgan fingerprint density at radius 3 is 2.67 bits per heavy atom. The average Bonchev–Trinajstić information content (AvgIpc) is 3.03. The number of hydrogen-bond donors (Lipinski definition) is 1. The summed E-state index contributed by atoms with van der Waals surface area (Å²) in [5, 5.41) is 2.95. The topological polar surface area (TPSA) is 81.7 Å². The first kappa shape index (κ1) is 21.9. The van der Waals surface area contributed by atoms with E-state index in [-0.39, 0.29) is 6.61 Å². The second-order valence-electron chi connectivity index (χ2n) is 7.02. The number of hydrogen-bond acceptors (Lipinski definition) is 6. The van der Waals surface area contributed by atoms with Crippen molar-refractivity contribution in [2.45, 2.75) is 33.1 Å². The summed E-state index contributed by atoms with van der Waals surface area (Å²) >= 11 is 1.31. The van der Waals surface area contributed by atoms with Crippen molar-refractivity contribution in [2.24, 2.45) is 5.92 Å². The highest BCUT2D eigenvalue weighted by Gasteiger charge is 2.29. The van der Waals surface area contributed by atoms with E-state index in [0.717, 1.165) is 41.8 Å². The molecule has 1 N–H and O–H groups in total. The van der Waals surface area contributed by atoms with Crippen LogP contribution in [0.4, 0.5) is 13.8 Å². The fourth-order valence-corrected chi connectivity index (χ4v) is 4.70. The molecule has 1 aromatic heterocycles. The third kappa shape index (κ3) is 4.84. The molecule has 0 bridgehead atoms. The Labute approximate surface area is 176 Å². The lowest BCUT2D eigenvalue weighted by Gasteiger charge is -2.18. The van der Waals surface area contributed by atoms with Crippen LogP contribution in [0.25, 0.3) is 0 Å². The number of halogens is 2. The summed E-state index contributed by atoms with van der Waals surface area (Å²) in [6.07, 6.45) is 2.46. The largest absolute Gasteiger partial charge is 0.462 e. The number of amides is 1. The third-order valence-corrected chi connectivity index (χ3v) is 5.90. The Kier molecular flexibility index (Phi) is 6.81. The summed E-state index contributed by atoms with van der Waals surface area (Å²) < 4.78 is 36.6. The lowest BCUT2D eigenvalue weighted by atomic mass is 9.88. The number of anilines is 1. The number of esters is 2. The van der Waals surface area contributed by atoms with Crippen molar-refractivity contribution in [1.29, 1.82) is 0 Å². The molecule has 0 radical (unpaired) electrons. The monoisotopic (exact) mass is 437 g/mol. The Hall–Kier alpha value is -2.81. The second kappa shape index (κ2) is 9.34. The van der Waals surface area contributed by atoms with Crippen molar-refractivity contribution < 1.29 is 32.6 Å². The van der Waals surface area contributed by atoms with Gasteiger partial charge >= 0.3 is 11.9 Å². The van der Waals surface area contributed by atoms with Crippen LogP contribution in [0.5, 0.6) is 0 Å². The molecule has 0 fully saturated rings. The van der Waals surface area contributed by atoms with Crippen LogP contribution in [0.1, 0.15) is 51.4 Å². The number of benzene rings is 1. The smallest absolute Gasteiger partial charge is 0.341 e. The van der Waals surface area contributed by atoms with Gasteiger partial charge in [0.2, 0.25) is 0 Å². The summed E-state index contributed by atoms with van der Waals surface area (Å²) in [5.41, 5.74) is 0.752. The predicted molar refractivity (Wildman–Crippen MR) is 107 cm³/mol. The summed E-state index contributed by atoms with van der Waals surface area (Å²) in [5.74, 6) is -3.71. The Balaban J connectivity index is 1.71. The highest BCUT2D eigenvalue weighted by atomic mass is 32.1. The molecule has 2 aromatic rings. The second-order valence-corrected chi connectivity index (χ2v) is 8.13. The first-order chi connectivity index (χ1) is 14.3. The van der Waals surface area contributed by atoms with Gasteiger partial charge in [-0.2, -0.15) is 0 Å². The quantitative estimate of drug-likeness (QED) is 0.688. The van der Waals surface area contributed by atoms with E-state index in [1.165, 1.54) is 11.3 Å². The van der Waals surface area contributed by atoms with Crippen LogP contribution in [0.15, 0.2) is 18.2 Å². The van der Waals surface area contributed by atoms with Crippen LogP contribution in [0.3, 0.4) is 0 Å². The molecule has 1 amide bonds. The van der Waals surface area contributed by atoms with E-state index < -0.39 is 41.7 Å². The molecule has 30 heavy (non-hydrogen) atoms. The number of carbonyl (C=O) groups is 3. The molecule has 0 saturated heterocycles. The van der Waals surface area contributed by atoms with Crippen molar-refractivity contribution in [3.05, 3.63) is 51.4 Å². The number of nitrogens with one attached hydrogen (secondary N) is 1. The zero-order valence-electron chi connectivity index (χ0n) is 16.6. The minimum Gasteiger partial charge on any atom is -0.462 e. The number of rotatable bonds is 6. The lowest BCUT2D eigenvalue weighted by Crippen LogP contribution is -2.22. The van der Waals surface area contributed by atoms with Gasteiger partial charge in [0.15, 0.2) is 6.61 Å². The maximum Gasteiger partial charge on any atom is 0.341 e. The molecule has 9 heteroatoms. The van der Waals surface area contributed by atoms with Gasteiger partial charge in [-0.05, 0) is 49.8 Å². The Morgan fingerprint density at radius 2 is 1.97 bits per heavy atom. The van der Waals surface area contributed by atoms with Crippen LogP contribution in [0.2, 0.25) is 0 Å². The Morgan fingerprint density at radius 1 is 1.20 bits per heavy atom. The van der Waals surface area contributed by atoms with E-state index in [1.807, 2.05) is 0 Å². The van der Waals surface area contributed by atoms with Crippen molar-refractivity contribution in [3.8, 4) is 0 Å². The molecule has 1 atom stereocenters. The molecule has 1 aromatic carbocycles. The van der Waals surface area contributed by atoms with E-state index in [1.54, 1.807) is 6.92 Å². The molecule has 0 unspecified atom stereocenters. The van der Waals surface area contributed by atoms with Crippen molar-refractivity contribution >= 4 is 34.2 Å². The van der Waals surface area contributed by atoms with Crippen molar-refractivity contribution in [3.63, 3.8) is 0 Å². The van der Waals surface area contributed by atoms with Gasteiger partial charge in [0.25, 0.3) is 5.91 Å². The van der Waals surface area contributed by atoms with E-state index in [9.17, 15) is 23.2 Å². The van der Waals surface area contributed by atoms with Gasteiger partial charge in [-0.3, -0.25) is 4.79 Å². The van der Waals surface area contributed by atoms with Crippen LogP contribution < -0.4 is 5.32 Å². The van der Waals surface area contributed by atoms with Crippen LogP contribution >= 0.6 is 11.3 Å². The molecular weight excluding hydrogens is 416 g/mol. The molecule has 1 aliphatic carbocycles. The molecule has 6 nitrogen and oxygen atoms in total. The third-order valence-electron chi connectivity index (χ3n) is 4.73. The van der Waals surface area contributed by atoms with E-state index >= 15 is 0 Å². The Bertz CT molecular complexity index is 988. The van der Waals surface area contributed by atoms with Gasteiger partial charge in [0.1, 0.15) is 16.6 Å². The summed E-state index contributed by atoms with van der Waals surface area (Å²) in [6.45, 7) is 3.34.